The molecule has 1 amide bonds. The lowest BCUT2D eigenvalue weighted by Crippen LogP contribution is -2.51. The predicted molar refractivity (Wildman–Crippen MR) is 114 cm³/mol. The molecule has 1 unspecified atom stereocenters. The lowest BCUT2D eigenvalue weighted by atomic mass is 10.0. The second-order valence-corrected chi connectivity index (χ2v) is 6.48. The summed E-state index contributed by atoms with van der Waals surface area (Å²) in [6.07, 6.45) is 0. The van der Waals surface area contributed by atoms with E-state index in [1.807, 2.05) is 42.2 Å². The first kappa shape index (κ1) is 23.7. The van der Waals surface area contributed by atoms with E-state index in [1.165, 1.54) is 6.07 Å². The van der Waals surface area contributed by atoms with Gasteiger partial charge in [0.2, 0.25) is 5.91 Å². The number of nitrogens with zero attached hydrogens (tertiary/aromatic N) is 3. The first-order valence-electron chi connectivity index (χ1n) is 8.56. The third kappa shape index (κ3) is 5.34. The summed E-state index contributed by atoms with van der Waals surface area (Å²) in [5.41, 5.74) is 8.94. The van der Waals surface area contributed by atoms with Crippen LogP contribution in [-0.4, -0.2) is 41.9 Å². The van der Waals surface area contributed by atoms with Crippen molar-refractivity contribution < 1.29 is 9.72 Å². The number of non-ortho nitro benzene ring substituents is 1. The maximum Gasteiger partial charge on any atom is 0.271 e. The third-order valence-electron chi connectivity index (χ3n) is 4.70. The zero-order chi connectivity index (χ0) is 18.7. The number of hydrogen-bond donors (Lipinski definition) is 1. The molecule has 1 fully saturated rings. The van der Waals surface area contributed by atoms with Crippen molar-refractivity contribution in [2.45, 2.75) is 13.0 Å². The summed E-state index contributed by atoms with van der Waals surface area (Å²) in [6, 6.07) is 13.6. The lowest BCUT2D eigenvalue weighted by molar-refractivity contribution is -0.384. The molecular weight excluding hydrogens is 403 g/mol. The number of carbonyl (C=O) groups is 1. The molecule has 1 atom stereocenters. The van der Waals surface area contributed by atoms with Gasteiger partial charge in [0, 0.05) is 44.0 Å². The molecule has 0 aliphatic carbocycles. The number of halogens is 2. The third-order valence-corrected chi connectivity index (χ3v) is 4.70. The molecule has 0 spiro atoms. The highest BCUT2D eigenvalue weighted by molar-refractivity contribution is 5.85. The van der Waals surface area contributed by atoms with Gasteiger partial charge in [-0.1, -0.05) is 35.9 Å². The quantitative estimate of drug-likeness (QED) is 0.598. The maximum absolute atomic E-state index is 12.7. The monoisotopic (exact) mass is 426 g/mol. The highest BCUT2D eigenvalue weighted by atomic mass is 35.5. The summed E-state index contributed by atoms with van der Waals surface area (Å²) in [6.45, 7) is 4.31. The fourth-order valence-corrected chi connectivity index (χ4v) is 3.10. The Hall–Kier alpha value is -2.35. The number of nitro benzene ring substituents is 1. The first-order chi connectivity index (χ1) is 12.5. The number of anilines is 1. The summed E-state index contributed by atoms with van der Waals surface area (Å²) < 4.78 is 0. The highest BCUT2D eigenvalue weighted by Gasteiger charge is 2.26. The number of nitrogens with two attached hydrogens (primary N) is 1. The van der Waals surface area contributed by atoms with E-state index in [2.05, 4.69) is 0 Å². The Balaban J connectivity index is 0.00000196. The van der Waals surface area contributed by atoms with Gasteiger partial charge in [-0.25, -0.2) is 0 Å². The number of amides is 1. The van der Waals surface area contributed by atoms with Gasteiger partial charge in [0.15, 0.2) is 0 Å². The Kier molecular flexibility index (Phi) is 8.68. The van der Waals surface area contributed by atoms with E-state index in [-0.39, 0.29) is 36.4 Å². The predicted octanol–water partition coefficient (Wildman–Crippen LogP) is 3.10. The van der Waals surface area contributed by atoms with Crippen LogP contribution in [0, 0.1) is 17.0 Å². The standard InChI is InChI=1S/C19H22N4O3.2ClH/c1-14-5-7-15(8-6-14)18(20)19(24)22-11-9-21(10-12-22)16-3-2-4-17(13-16)23(25)26;;/h2-8,13,18H,9-12,20H2,1H3;2*1H. The summed E-state index contributed by atoms with van der Waals surface area (Å²) in [7, 11) is 0. The zero-order valence-electron chi connectivity index (χ0n) is 15.5. The molecule has 152 valence electrons. The Bertz CT molecular complexity index is 809. The average Bonchev–Trinajstić information content (AvgIpc) is 2.67. The van der Waals surface area contributed by atoms with Crippen LogP contribution in [0.15, 0.2) is 48.5 Å². The summed E-state index contributed by atoms with van der Waals surface area (Å²) in [4.78, 5) is 27.0. The maximum atomic E-state index is 12.7. The van der Waals surface area contributed by atoms with Gasteiger partial charge in [0.25, 0.3) is 5.69 Å². The van der Waals surface area contributed by atoms with Crippen molar-refractivity contribution in [3.8, 4) is 0 Å². The second kappa shape index (κ2) is 10.3. The molecule has 1 aliphatic rings. The smallest absolute Gasteiger partial charge is 0.271 e. The van der Waals surface area contributed by atoms with Crippen LogP contribution in [0.3, 0.4) is 0 Å². The molecule has 28 heavy (non-hydrogen) atoms. The van der Waals surface area contributed by atoms with E-state index in [0.29, 0.717) is 26.2 Å². The molecule has 0 bridgehead atoms. The van der Waals surface area contributed by atoms with Crippen molar-refractivity contribution in [1.82, 2.24) is 4.90 Å². The fraction of sp³-hybridized carbons (Fsp3) is 0.316. The van der Waals surface area contributed by atoms with Crippen molar-refractivity contribution in [2.24, 2.45) is 5.73 Å². The molecule has 2 N–H and O–H groups in total. The minimum atomic E-state index is -0.667. The van der Waals surface area contributed by atoms with Crippen LogP contribution in [0.25, 0.3) is 0 Å². The van der Waals surface area contributed by atoms with Gasteiger partial charge in [-0.15, -0.1) is 24.8 Å². The molecule has 0 aromatic heterocycles. The van der Waals surface area contributed by atoms with Crippen LogP contribution in [0.4, 0.5) is 11.4 Å². The number of hydrogen-bond acceptors (Lipinski definition) is 5. The van der Waals surface area contributed by atoms with Crippen molar-refractivity contribution in [3.05, 3.63) is 69.8 Å². The van der Waals surface area contributed by atoms with Gasteiger partial charge in [-0.2, -0.15) is 0 Å². The molecule has 1 heterocycles. The molecule has 2 aromatic rings. The van der Waals surface area contributed by atoms with Crippen LogP contribution in [0.1, 0.15) is 17.2 Å². The second-order valence-electron chi connectivity index (χ2n) is 6.48. The Morgan fingerprint density at radius 1 is 1.07 bits per heavy atom. The first-order valence-corrected chi connectivity index (χ1v) is 8.56. The van der Waals surface area contributed by atoms with Crippen LogP contribution in [-0.2, 0) is 4.79 Å². The molecule has 1 saturated heterocycles. The summed E-state index contributed by atoms with van der Waals surface area (Å²) in [5, 5.41) is 10.9. The zero-order valence-corrected chi connectivity index (χ0v) is 17.1. The number of benzene rings is 2. The highest BCUT2D eigenvalue weighted by Crippen LogP contribution is 2.23. The van der Waals surface area contributed by atoms with E-state index in [0.717, 1.165) is 16.8 Å². The molecule has 2 aromatic carbocycles. The molecule has 0 radical (unpaired) electrons. The van der Waals surface area contributed by atoms with Crippen molar-refractivity contribution >= 4 is 42.1 Å². The Morgan fingerprint density at radius 2 is 1.68 bits per heavy atom. The average molecular weight is 427 g/mol. The normalized spacial score (nSPS) is 14.5. The van der Waals surface area contributed by atoms with Crippen molar-refractivity contribution in [3.63, 3.8) is 0 Å². The minimum absolute atomic E-state index is 0. The van der Waals surface area contributed by atoms with Crippen LogP contribution in [0.5, 0.6) is 0 Å². The van der Waals surface area contributed by atoms with Crippen LogP contribution >= 0.6 is 24.8 Å². The fourth-order valence-electron chi connectivity index (χ4n) is 3.10. The SMILES string of the molecule is Cc1ccc(C(N)C(=O)N2CCN(c3cccc([N+](=O)[O-])c3)CC2)cc1.Cl.Cl. The lowest BCUT2D eigenvalue weighted by Gasteiger charge is -2.37. The van der Waals surface area contributed by atoms with Crippen molar-refractivity contribution in [2.75, 3.05) is 31.1 Å². The molecular formula is C19H24Cl2N4O3. The largest absolute Gasteiger partial charge is 0.368 e. The van der Waals surface area contributed by atoms with Gasteiger partial charge < -0.3 is 15.5 Å². The van der Waals surface area contributed by atoms with E-state index in [4.69, 9.17) is 5.73 Å². The molecule has 9 heteroatoms. The molecule has 1 aliphatic heterocycles. The number of piperazine rings is 1. The van der Waals surface area contributed by atoms with E-state index < -0.39 is 11.0 Å². The van der Waals surface area contributed by atoms with Crippen molar-refractivity contribution in [1.29, 1.82) is 0 Å². The summed E-state index contributed by atoms with van der Waals surface area (Å²) in [5.74, 6) is -0.0902. The number of aryl methyl sites for hydroxylation is 1. The topological polar surface area (TPSA) is 92.7 Å². The van der Waals surface area contributed by atoms with Gasteiger partial charge in [0.05, 0.1) is 4.92 Å². The Labute approximate surface area is 176 Å². The van der Waals surface area contributed by atoms with Gasteiger partial charge in [-0.05, 0) is 18.6 Å². The molecule has 7 nitrogen and oxygen atoms in total. The van der Waals surface area contributed by atoms with E-state index in [9.17, 15) is 14.9 Å². The summed E-state index contributed by atoms with van der Waals surface area (Å²) >= 11 is 0. The van der Waals surface area contributed by atoms with Crippen LogP contribution in [0.2, 0.25) is 0 Å². The number of carbonyl (C=O) groups excluding carboxylic acids is 1. The Morgan fingerprint density at radius 3 is 2.25 bits per heavy atom. The number of rotatable bonds is 4. The van der Waals surface area contributed by atoms with E-state index >= 15 is 0 Å². The van der Waals surface area contributed by atoms with Gasteiger partial charge in [0.1, 0.15) is 6.04 Å². The van der Waals surface area contributed by atoms with Gasteiger partial charge in [-0.3, -0.25) is 14.9 Å². The van der Waals surface area contributed by atoms with E-state index in [1.54, 1.807) is 17.0 Å². The molecule has 3 rings (SSSR count). The minimum Gasteiger partial charge on any atom is -0.368 e. The van der Waals surface area contributed by atoms with Crippen LogP contribution < -0.4 is 10.6 Å². The number of nitro groups is 1. The molecule has 0 saturated carbocycles. The van der Waals surface area contributed by atoms with Gasteiger partial charge >= 0.3 is 0 Å².